The quantitative estimate of drug-likeness (QED) is 0.151. The maximum atomic E-state index is 12.8. The van der Waals surface area contributed by atoms with Gasteiger partial charge in [-0.25, -0.2) is 14.8 Å². The molecule has 0 atom stereocenters. The lowest BCUT2D eigenvalue weighted by atomic mass is 9.89. The van der Waals surface area contributed by atoms with Crippen LogP contribution in [0.25, 0.3) is 11.1 Å². The number of ether oxygens (including phenoxy) is 1. The van der Waals surface area contributed by atoms with Gasteiger partial charge in [-0.05, 0) is 70.7 Å². The van der Waals surface area contributed by atoms with Crippen LogP contribution in [-0.2, 0) is 30.3 Å². The van der Waals surface area contributed by atoms with E-state index in [0.717, 1.165) is 50.5 Å². The highest BCUT2D eigenvalue weighted by molar-refractivity contribution is 5.88. The smallest absolute Gasteiger partial charge is 0.434 e. The number of hydrogen-bond donors (Lipinski definition) is 5. The van der Waals surface area contributed by atoms with Gasteiger partial charge in [-0.3, -0.25) is 0 Å². The number of nitrogen functional groups attached to an aromatic ring is 3. The summed E-state index contributed by atoms with van der Waals surface area (Å²) >= 11 is 0. The molecule has 12 heteroatoms. The Labute approximate surface area is 252 Å². The molecule has 0 spiro atoms. The van der Waals surface area contributed by atoms with Crippen molar-refractivity contribution in [3.05, 3.63) is 94.3 Å². The van der Waals surface area contributed by atoms with Crippen molar-refractivity contribution in [2.45, 2.75) is 38.4 Å². The number of carbonyl (C=O) groups is 1. The summed E-state index contributed by atoms with van der Waals surface area (Å²) in [5.41, 5.74) is 24.4. The summed E-state index contributed by atoms with van der Waals surface area (Å²) in [5, 5.41) is 11.3. The lowest BCUT2D eigenvalue weighted by Gasteiger charge is -2.23. The molecule has 6 rings (SSSR count). The van der Waals surface area contributed by atoms with Gasteiger partial charge in [0.15, 0.2) is 5.69 Å². The fraction of sp³-hybridized carbons (Fsp3) is 0.281. The number of nitrogens with two attached hydrogens (primary N) is 3. The van der Waals surface area contributed by atoms with Crippen molar-refractivity contribution in [1.29, 1.82) is 0 Å². The molecule has 4 aromatic rings. The van der Waals surface area contributed by atoms with Gasteiger partial charge < -0.3 is 32.4 Å². The van der Waals surface area contributed by atoms with Crippen molar-refractivity contribution in [3.8, 4) is 11.1 Å². The van der Waals surface area contributed by atoms with Crippen LogP contribution in [0.4, 0.5) is 36.2 Å². The minimum atomic E-state index is -4.91. The molecule has 1 aliphatic heterocycles. The molecule has 0 radical (unpaired) electrons. The van der Waals surface area contributed by atoms with Crippen molar-refractivity contribution < 1.29 is 27.8 Å². The molecule has 2 aliphatic rings. The molecule has 0 saturated carbocycles. The van der Waals surface area contributed by atoms with Gasteiger partial charge in [0.25, 0.3) is 0 Å². The summed E-state index contributed by atoms with van der Waals surface area (Å²) < 4.78 is 44.0. The lowest BCUT2D eigenvalue weighted by Crippen LogP contribution is -2.18. The molecule has 230 valence electrons. The summed E-state index contributed by atoms with van der Waals surface area (Å²) in [5.74, 6) is -1.40. The van der Waals surface area contributed by atoms with Gasteiger partial charge in [0.2, 0.25) is 5.95 Å². The van der Waals surface area contributed by atoms with Gasteiger partial charge in [-0.15, -0.1) is 0 Å². The van der Waals surface area contributed by atoms with E-state index in [-0.39, 0.29) is 12.5 Å². The first-order chi connectivity index (χ1) is 21.0. The zero-order valence-electron chi connectivity index (χ0n) is 23.8. The Balaban J connectivity index is 0.000000175. The first kappa shape index (κ1) is 30.6. The van der Waals surface area contributed by atoms with Gasteiger partial charge >= 0.3 is 12.1 Å². The van der Waals surface area contributed by atoms with Crippen molar-refractivity contribution in [1.82, 2.24) is 9.97 Å². The molecule has 1 aliphatic carbocycles. The molecular weight excluding hydrogens is 573 g/mol. The van der Waals surface area contributed by atoms with Crippen LogP contribution in [0.3, 0.4) is 0 Å². The molecule has 0 bridgehead atoms. The highest BCUT2D eigenvalue weighted by Crippen LogP contribution is 2.41. The van der Waals surface area contributed by atoms with Crippen LogP contribution in [-0.4, -0.2) is 34.3 Å². The van der Waals surface area contributed by atoms with Crippen LogP contribution in [0.1, 0.15) is 51.1 Å². The van der Waals surface area contributed by atoms with E-state index in [0.29, 0.717) is 23.1 Å². The molecule has 1 saturated heterocycles. The number of aromatic carboxylic acids is 1. The molecule has 2 heterocycles. The normalized spacial score (nSPS) is 14.2. The predicted octanol–water partition coefficient (Wildman–Crippen LogP) is 5.78. The van der Waals surface area contributed by atoms with E-state index in [1.165, 1.54) is 33.9 Å². The number of nitrogens with one attached hydrogen (secondary N) is 1. The summed E-state index contributed by atoms with van der Waals surface area (Å²) in [6, 6.07) is 17.9. The number of carboxylic acid groups (broad SMARTS) is 1. The van der Waals surface area contributed by atoms with Gasteiger partial charge in [-0.1, -0.05) is 42.5 Å². The molecule has 0 amide bonds. The minimum Gasteiger partial charge on any atom is -0.478 e. The largest absolute Gasteiger partial charge is 0.478 e. The lowest BCUT2D eigenvalue weighted by molar-refractivity contribution is -0.141. The Morgan fingerprint density at radius 2 is 1.73 bits per heavy atom. The third-order valence-electron chi connectivity index (χ3n) is 7.87. The number of nitrogens with zero attached hydrogens (tertiary/aromatic N) is 2. The topological polar surface area (TPSA) is 162 Å². The minimum absolute atomic E-state index is 0.0514. The van der Waals surface area contributed by atoms with E-state index in [2.05, 4.69) is 51.7 Å². The van der Waals surface area contributed by atoms with Crippen LogP contribution in [0.5, 0.6) is 0 Å². The summed E-state index contributed by atoms with van der Waals surface area (Å²) in [6.07, 6.45) is 0.103. The van der Waals surface area contributed by atoms with Gasteiger partial charge in [-0.2, -0.15) is 13.2 Å². The van der Waals surface area contributed by atoms with E-state index in [1.807, 2.05) is 0 Å². The summed E-state index contributed by atoms with van der Waals surface area (Å²) in [7, 11) is 0. The molecule has 3 aromatic carbocycles. The van der Waals surface area contributed by atoms with E-state index in [9.17, 15) is 18.0 Å². The van der Waals surface area contributed by atoms with Crippen molar-refractivity contribution in [2.24, 2.45) is 5.92 Å². The zero-order valence-corrected chi connectivity index (χ0v) is 23.8. The molecule has 0 unspecified atom stereocenters. The fourth-order valence-electron chi connectivity index (χ4n) is 5.51. The van der Waals surface area contributed by atoms with E-state index < -0.39 is 23.4 Å². The average molecular weight is 607 g/mol. The predicted molar refractivity (Wildman–Crippen MR) is 163 cm³/mol. The van der Waals surface area contributed by atoms with E-state index >= 15 is 0 Å². The number of anilines is 4. The maximum Gasteiger partial charge on any atom is 0.434 e. The molecule has 1 aromatic heterocycles. The number of aromatic nitrogens is 2. The molecule has 9 nitrogen and oxygen atoms in total. The third kappa shape index (κ3) is 6.86. The second-order valence-electron chi connectivity index (χ2n) is 10.8. The van der Waals surface area contributed by atoms with Crippen LogP contribution >= 0.6 is 0 Å². The fourth-order valence-corrected chi connectivity index (χ4v) is 5.51. The number of hydrogen-bond acceptors (Lipinski definition) is 8. The number of benzene rings is 3. The number of carboxylic acids is 1. The van der Waals surface area contributed by atoms with Gasteiger partial charge in [0.05, 0.1) is 0 Å². The average Bonchev–Trinajstić information content (AvgIpc) is 3.38. The number of halogens is 3. The summed E-state index contributed by atoms with van der Waals surface area (Å²) in [6.45, 7) is 1.86. The second-order valence-corrected chi connectivity index (χ2v) is 10.8. The van der Waals surface area contributed by atoms with Crippen molar-refractivity contribution in [2.75, 3.05) is 35.7 Å². The number of alkyl halides is 3. The van der Waals surface area contributed by atoms with Gasteiger partial charge in [0, 0.05) is 49.4 Å². The maximum absolute atomic E-state index is 12.8. The number of fused-ring (bicyclic) bond motifs is 3. The van der Waals surface area contributed by atoms with Crippen LogP contribution < -0.4 is 22.5 Å². The first-order valence-electron chi connectivity index (χ1n) is 14.1. The summed E-state index contributed by atoms with van der Waals surface area (Å²) in [4.78, 5) is 17.6. The Kier molecular flexibility index (Phi) is 8.91. The van der Waals surface area contributed by atoms with Crippen molar-refractivity contribution in [3.63, 3.8) is 0 Å². The van der Waals surface area contributed by atoms with Crippen LogP contribution in [0.15, 0.2) is 60.8 Å². The van der Waals surface area contributed by atoms with E-state index in [4.69, 9.17) is 27.0 Å². The number of rotatable bonds is 6. The molecule has 8 N–H and O–H groups in total. The standard InChI is InChI=1S/C19H21NO.C13H12F3N5O2/c20-19-15(11-13-7-9-21-10-8-13)5-6-17-16-4-2-1-3-14(16)12-18(17)19;14-13(15,16)10-8(11(22)23)5-20-12(21-10)19-4-6-1-2-7(17)3-9(6)18/h1-6,13H,7-12,20H2;1-3,5H,4,17-18H2,(H,22,23)(H,19,20,21). The monoisotopic (exact) mass is 606 g/mol. The van der Waals surface area contributed by atoms with Crippen LogP contribution in [0, 0.1) is 5.92 Å². The Bertz CT molecular complexity index is 1670. The van der Waals surface area contributed by atoms with Crippen LogP contribution in [0.2, 0.25) is 0 Å². The van der Waals surface area contributed by atoms with Crippen molar-refractivity contribution >= 4 is 29.0 Å². The highest BCUT2D eigenvalue weighted by Gasteiger charge is 2.38. The molecule has 1 fully saturated rings. The van der Waals surface area contributed by atoms with Gasteiger partial charge in [0.1, 0.15) is 5.56 Å². The third-order valence-corrected chi connectivity index (χ3v) is 7.87. The zero-order chi connectivity index (χ0) is 31.4. The Hall–Kier alpha value is -4.84. The Morgan fingerprint density at radius 3 is 2.43 bits per heavy atom. The SMILES string of the molecule is Nc1c(CC2CCOCC2)ccc2c1Cc1ccccc1-2.Nc1ccc(CNc2ncc(C(=O)O)c(C(F)(F)F)n2)c(N)c1. The second kappa shape index (κ2) is 12.8. The molecular formula is C32H33F3N6O3. The highest BCUT2D eigenvalue weighted by atomic mass is 19.4. The molecule has 44 heavy (non-hydrogen) atoms. The first-order valence-corrected chi connectivity index (χ1v) is 14.1. The van der Waals surface area contributed by atoms with E-state index in [1.54, 1.807) is 12.1 Å². The Morgan fingerprint density at radius 1 is 1.00 bits per heavy atom.